The second-order valence-electron chi connectivity index (χ2n) is 4.29. The molecule has 3 heteroatoms. The fourth-order valence-corrected chi connectivity index (χ4v) is 1.64. The van der Waals surface area contributed by atoms with E-state index in [1.165, 1.54) is 64.6 Å². The highest BCUT2D eigenvalue weighted by Crippen LogP contribution is 2.07. The molecule has 0 rings (SSSR count). The maximum absolute atomic E-state index is 10.7. The Morgan fingerprint density at radius 3 is 2.24 bits per heavy atom. The van der Waals surface area contributed by atoms with E-state index >= 15 is 0 Å². The van der Waals surface area contributed by atoms with Crippen LogP contribution in [0.1, 0.15) is 58.3 Å². The van der Waals surface area contributed by atoms with Crippen molar-refractivity contribution in [3.63, 3.8) is 0 Å². The fourth-order valence-electron chi connectivity index (χ4n) is 1.64. The molecule has 0 bridgehead atoms. The molecule has 0 aliphatic heterocycles. The Bertz CT molecular complexity index is 202. The Kier molecular flexibility index (Phi) is 12.3. The van der Waals surface area contributed by atoms with Crippen molar-refractivity contribution in [2.45, 2.75) is 58.3 Å². The summed E-state index contributed by atoms with van der Waals surface area (Å²) in [5.41, 5.74) is 0. The third-order valence-electron chi connectivity index (χ3n) is 2.71. The number of ether oxygens (including phenoxy) is 1. The summed E-state index contributed by atoms with van der Waals surface area (Å²) in [6.07, 6.45) is 13.6. The molecule has 1 N–H and O–H groups in total. The van der Waals surface area contributed by atoms with Gasteiger partial charge in [-0.2, -0.15) is 0 Å². The van der Waals surface area contributed by atoms with Gasteiger partial charge in [-0.05, 0) is 6.42 Å². The maximum atomic E-state index is 10.7. The summed E-state index contributed by atoms with van der Waals surface area (Å²) >= 11 is 0. The van der Waals surface area contributed by atoms with E-state index in [-0.39, 0.29) is 5.97 Å². The Morgan fingerprint density at radius 1 is 1.06 bits per heavy atom. The lowest BCUT2D eigenvalue weighted by Gasteiger charge is -2.02. The molecule has 0 saturated carbocycles. The minimum absolute atomic E-state index is 0.312. The van der Waals surface area contributed by atoms with Crippen molar-refractivity contribution >= 4 is 5.97 Å². The molecule has 0 aliphatic rings. The average molecular weight is 241 g/mol. The molecule has 0 saturated heterocycles. The highest BCUT2D eigenvalue weighted by molar-refractivity contribution is 5.81. The topological polar surface area (TPSA) is 38.3 Å². The zero-order valence-electron chi connectivity index (χ0n) is 11.3. The first kappa shape index (κ1) is 16.0. The van der Waals surface area contributed by atoms with E-state index < -0.39 is 0 Å². The van der Waals surface area contributed by atoms with Crippen LogP contribution in [0.25, 0.3) is 0 Å². The largest absolute Gasteiger partial charge is 0.466 e. The molecule has 0 aromatic carbocycles. The van der Waals surface area contributed by atoms with Gasteiger partial charge in [0.15, 0.2) is 0 Å². The number of nitrogens with one attached hydrogen (secondary N) is 1. The molecule has 0 fully saturated rings. The number of hydrogen-bond acceptors (Lipinski definition) is 3. The predicted octanol–water partition coefficient (Wildman–Crippen LogP) is 3.40. The van der Waals surface area contributed by atoms with Crippen LogP contribution < -0.4 is 5.32 Å². The van der Waals surface area contributed by atoms with Gasteiger partial charge in [0.2, 0.25) is 0 Å². The summed E-state index contributed by atoms with van der Waals surface area (Å²) in [6.45, 7) is 3.18. The van der Waals surface area contributed by atoms with Gasteiger partial charge in [-0.15, -0.1) is 0 Å². The summed E-state index contributed by atoms with van der Waals surface area (Å²) < 4.78 is 4.48. The van der Waals surface area contributed by atoms with Gasteiger partial charge < -0.3 is 10.1 Å². The lowest BCUT2D eigenvalue weighted by molar-refractivity contribution is -0.134. The van der Waals surface area contributed by atoms with Crippen molar-refractivity contribution in [3.8, 4) is 0 Å². The molecule has 0 heterocycles. The SMILES string of the molecule is CCCCCCCCCCN/C=C/C(=O)OC. The number of rotatable bonds is 11. The average Bonchev–Trinajstić information content (AvgIpc) is 2.35. The van der Waals surface area contributed by atoms with Gasteiger partial charge in [-0.3, -0.25) is 0 Å². The highest BCUT2D eigenvalue weighted by Gasteiger charge is 1.91. The van der Waals surface area contributed by atoms with Crippen LogP contribution in [0.3, 0.4) is 0 Å². The summed E-state index contributed by atoms with van der Waals surface area (Å²) in [5, 5.41) is 3.08. The third kappa shape index (κ3) is 12.9. The Hall–Kier alpha value is -0.990. The Morgan fingerprint density at radius 2 is 1.65 bits per heavy atom. The van der Waals surface area contributed by atoms with Crippen LogP contribution in [0, 0.1) is 0 Å². The van der Waals surface area contributed by atoms with Crippen LogP contribution in [0.2, 0.25) is 0 Å². The van der Waals surface area contributed by atoms with E-state index in [2.05, 4.69) is 17.0 Å². The van der Waals surface area contributed by atoms with Crippen molar-refractivity contribution in [2.24, 2.45) is 0 Å². The van der Waals surface area contributed by atoms with Gasteiger partial charge in [0.1, 0.15) is 0 Å². The number of carbonyl (C=O) groups is 1. The van der Waals surface area contributed by atoms with Gasteiger partial charge >= 0.3 is 5.97 Å². The van der Waals surface area contributed by atoms with E-state index in [0.717, 1.165) is 6.54 Å². The monoisotopic (exact) mass is 241 g/mol. The zero-order chi connectivity index (χ0) is 12.8. The number of unbranched alkanes of at least 4 members (excludes halogenated alkanes) is 7. The molecule has 0 atom stereocenters. The quantitative estimate of drug-likeness (QED) is 0.342. The van der Waals surface area contributed by atoms with E-state index in [1.807, 2.05) is 0 Å². The highest BCUT2D eigenvalue weighted by atomic mass is 16.5. The molecular formula is C14H27NO2. The lowest BCUT2D eigenvalue weighted by atomic mass is 10.1. The van der Waals surface area contributed by atoms with Crippen molar-refractivity contribution in [1.82, 2.24) is 5.32 Å². The number of hydrogen-bond donors (Lipinski definition) is 1. The summed E-state index contributed by atoms with van der Waals surface area (Å²) in [5.74, 6) is -0.312. The molecule has 17 heavy (non-hydrogen) atoms. The van der Waals surface area contributed by atoms with Crippen LogP contribution >= 0.6 is 0 Å². The predicted molar refractivity (Wildman–Crippen MR) is 71.8 cm³/mol. The molecule has 0 amide bonds. The maximum Gasteiger partial charge on any atom is 0.331 e. The Labute approximate surface area is 106 Å². The molecular weight excluding hydrogens is 214 g/mol. The smallest absolute Gasteiger partial charge is 0.331 e. The molecule has 0 aliphatic carbocycles. The standard InChI is InChI=1S/C14H27NO2/c1-3-4-5-6-7-8-9-10-12-15-13-11-14(16)17-2/h11,13,15H,3-10,12H2,1-2H3/b13-11+. The van der Waals surface area contributed by atoms with E-state index in [9.17, 15) is 4.79 Å². The number of carbonyl (C=O) groups excluding carboxylic acids is 1. The normalized spacial score (nSPS) is 10.7. The molecule has 100 valence electrons. The van der Waals surface area contributed by atoms with E-state index in [4.69, 9.17) is 0 Å². The summed E-state index contributed by atoms with van der Waals surface area (Å²) in [4.78, 5) is 10.7. The lowest BCUT2D eigenvalue weighted by Crippen LogP contribution is -2.08. The summed E-state index contributed by atoms with van der Waals surface area (Å²) in [7, 11) is 1.38. The van der Waals surface area contributed by atoms with Crippen molar-refractivity contribution < 1.29 is 9.53 Å². The molecule has 0 aromatic rings. The molecule has 0 unspecified atom stereocenters. The molecule has 3 nitrogen and oxygen atoms in total. The van der Waals surface area contributed by atoms with Crippen LogP contribution in [-0.2, 0) is 9.53 Å². The number of esters is 1. The van der Waals surface area contributed by atoms with E-state index in [0.29, 0.717) is 0 Å². The first-order valence-electron chi connectivity index (χ1n) is 6.79. The van der Waals surface area contributed by atoms with Gasteiger partial charge in [0.05, 0.1) is 7.11 Å². The van der Waals surface area contributed by atoms with Gasteiger partial charge in [0.25, 0.3) is 0 Å². The first-order valence-corrected chi connectivity index (χ1v) is 6.79. The van der Waals surface area contributed by atoms with Crippen LogP contribution in [0.4, 0.5) is 0 Å². The van der Waals surface area contributed by atoms with E-state index in [1.54, 1.807) is 6.20 Å². The molecule has 0 radical (unpaired) electrons. The van der Waals surface area contributed by atoms with Gasteiger partial charge in [0, 0.05) is 18.8 Å². The third-order valence-corrected chi connectivity index (χ3v) is 2.71. The zero-order valence-corrected chi connectivity index (χ0v) is 11.3. The van der Waals surface area contributed by atoms with Crippen LogP contribution in [-0.4, -0.2) is 19.6 Å². The van der Waals surface area contributed by atoms with Crippen LogP contribution in [0.15, 0.2) is 12.3 Å². The minimum Gasteiger partial charge on any atom is -0.466 e. The number of methoxy groups -OCH3 is 1. The minimum atomic E-state index is -0.312. The summed E-state index contributed by atoms with van der Waals surface area (Å²) in [6, 6.07) is 0. The Balaban J connectivity index is 3.08. The van der Waals surface area contributed by atoms with Gasteiger partial charge in [-0.25, -0.2) is 4.79 Å². The van der Waals surface area contributed by atoms with Crippen molar-refractivity contribution in [2.75, 3.05) is 13.7 Å². The first-order chi connectivity index (χ1) is 8.31. The second kappa shape index (κ2) is 13.1. The second-order valence-corrected chi connectivity index (χ2v) is 4.29. The van der Waals surface area contributed by atoms with Crippen molar-refractivity contribution in [1.29, 1.82) is 0 Å². The van der Waals surface area contributed by atoms with Gasteiger partial charge in [-0.1, -0.05) is 51.9 Å². The fraction of sp³-hybridized carbons (Fsp3) is 0.786. The molecule has 0 aromatic heterocycles. The molecule has 0 spiro atoms. The van der Waals surface area contributed by atoms with Crippen molar-refractivity contribution in [3.05, 3.63) is 12.3 Å². The van der Waals surface area contributed by atoms with Crippen LogP contribution in [0.5, 0.6) is 0 Å².